The number of benzene rings is 2. The van der Waals surface area contributed by atoms with Gasteiger partial charge < -0.3 is 10.1 Å². The van der Waals surface area contributed by atoms with Gasteiger partial charge in [0.25, 0.3) is 0 Å². The van der Waals surface area contributed by atoms with Crippen LogP contribution in [0.15, 0.2) is 67.0 Å². The van der Waals surface area contributed by atoms with E-state index in [0.29, 0.717) is 24.0 Å². The molecule has 2 aliphatic rings. The number of rotatable bonds is 3. The van der Waals surface area contributed by atoms with E-state index in [0.717, 1.165) is 17.7 Å². The topological polar surface area (TPSA) is 42.2 Å². The lowest BCUT2D eigenvalue weighted by Crippen LogP contribution is -2.45. The Morgan fingerprint density at radius 3 is 2.61 bits per heavy atom. The van der Waals surface area contributed by atoms with Crippen molar-refractivity contribution in [1.29, 1.82) is 0 Å². The van der Waals surface area contributed by atoms with E-state index < -0.39 is 6.36 Å². The molecule has 0 saturated carbocycles. The summed E-state index contributed by atoms with van der Waals surface area (Å²) in [6.45, 7) is 0. The van der Waals surface area contributed by atoms with Crippen LogP contribution in [0.2, 0.25) is 0 Å². The zero-order chi connectivity index (χ0) is 21.6. The molecule has 31 heavy (non-hydrogen) atoms. The Kier molecular flexibility index (Phi) is 4.68. The summed E-state index contributed by atoms with van der Waals surface area (Å²) in [5.41, 5.74) is 4.46. The summed E-state index contributed by atoms with van der Waals surface area (Å²) >= 11 is 0. The first-order valence-electron chi connectivity index (χ1n) is 10.2. The van der Waals surface area contributed by atoms with Gasteiger partial charge in [0.15, 0.2) is 12.4 Å². The van der Waals surface area contributed by atoms with Crippen molar-refractivity contribution in [2.75, 3.05) is 5.32 Å². The number of fused-ring (bicyclic) bond motifs is 2. The highest BCUT2D eigenvalue weighted by molar-refractivity contribution is 6.00. The summed E-state index contributed by atoms with van der Waals surface area (Å²) in [5.74, 6) is -0.379. The molecule has 2 atom stereocenters. The van der Waals surface area contributed by atoms with E-state index in [9.17, 15) is 18.0 Å². The van der Waals surface area contributed by atoms with Crippen molar-refractivity contribution in [1.82, 2.24) is 0 Å². The molecule has 1 aliphatic carbocycles. The number of hydrogen-bond donors (Lipinski definition) is 1. The quantitative estimate of drug-likeness (QED) is 0.604. The average molecular weight is 425 g/mol. The molecular weight excluding hydrogens is 405 g/mol. The van der Waals surface area contributed by atoms with E-state index in [2.05, 4.69) is 22.2 Å². The van der Waals surface area contributed by atoms with Crippen LogP contribution in [0.5, 0.6) is 5.75 Å². The highest BCUT2D eigenvalue weighted by Crippen LogP contribution is 2.35. The van der Waals surface area contributed by atoms with Gasteiger partial charge in [-0.3, -0.25) is 4.79 Å². The van der Waals surface area contributed by atoms with Gasteiger partial charge in [-0.25, -0.2) is 0 Å². The number of Topliss-reactive ketones (excluding diaryl/α,β-unsaturated/α-hetero) is 1. The third kappa shape index (κ3) is 3.87. The summed E-state index contributed by atoms with van der Waals surface area (Å²) in [7, 11) is 0. The molecule has 1 N–H and O–H groups in total. The Morgan fingerprint density at radius 2 is 1.84 bits per heavy atom. The maximum atomic E-state index is 13.1. The Labute approximate surface area is 177 Å². The summed E-state index contributed by atoms with van der Waals surface area (Å²) in [6, 6.07) is 16.0. The molecule has 0 saturated heterocycles. The van der Waals surface area contributed by atoms with Gasteiger partial charge in [-0.1, -0.05) is 30.3 Å². The molecule has 0 radical (unpaired) electrons. The molecule has 0 fully saturated rings. The highest BCUT2D eigenvalue weighted by atomic mass is 19.4. The first-order valence-corrected chi connectivity index (χ1v) is 10.2. The second-order valence-electron chi connectivity index (χ2n) is 7.93. The molecule has 158 valence electrons. The van der Waals surface area contributed by atoms with E-state index in [1.165, 1.54) is 23.8 Å². The number of halogens is 3. The number of carbonyl (C=O) groups is 1. The zero-order valence-electron chi connectivity index (χ0n) is 16.5. The van der Waals surface area contributed by atoms with Gasteiger partial charge in [-0.2, -0.15) is 4.57 Å². The van der Waals surface area contributed by atoms with Crippen LogP contribution in [0.4, 0.5) is 18.9 Å². The Balaban J connectivity index is 1.37. The van der Waals surface area contributed by atoms with Crippen molar-refractivity contribution in [3.8, 4) is 5.75 Å². The van der Waals surface area contributed by atoms with Gasteiger partial charge in [-0.15, -0.1) is 13.2 Å². The van der Waals surface area contributed by atoms with E-state index in [1.807, 2.05) is 41.2 Å². The standard InChI is InChI=1S/C24H19F3N2O2/c25-24(26,27)31-18-7-8-19-16(12-18)6-9-22(23(19)30)29-11-10-20-17(14-29)13-21(28-20)15-4-2-1-3-5-15/h1-5,7-8,10-12,14,21-22H,6,9,13H2/p+1. The van der Waals surface area contributed by atoms with Gasteiger partial charge in [0, 0.05) is 35.7 Å². The second kappa shape index (κ2) is 7.41. The number of alkyl halides is 3. The van der Waals surface area contributed by atoms with Gasteiger partial charge in [0.2, 0.25) is 11.8 Å². The van der Waals surface area contributed by atoms with Crippen molar-refractivity contribution < 1.29 is 27.3 Å². The number of aryl methyl sites for hydroxylation is 1. The molecule has 0 amide bonds. The van der Waals surface area contributed by atoms with Gasteiger partial charge in [0.05, 0.1) is 6.04 Å². The molecule has 4 nitrogen and oxygen atoms in total. The molecule has 0 bridgehead atoms. The number of ether oxygens (including phenoxy) is 1. The van der Waals surface area contributed by atoms with Crippen LogP contribution in [0.25, 0.3) is 0 Å². The van der Waals surface area contributed by atoms with Gasteiger partial charge in [0.1, 0.15) is 5.75 Å². The van der Waals surface area contributed by atoms with Crippen LogP contribution in [0, 0.1) is 0 Å². The summed E-state index contributed by atoms with van der Waals surface area (Å²) in [6.07, 6.45) is 1.03. The number of nitrogens with zero attached hydrogens (tertiary/aromatic N) is 1. The molecule has 0 spiro atoms. The number of anilines is 1. The average Bonchev–Trinajstić information content (AvgIpc) is 3.17. The molecule has 1 aromatic heterocycles. The monoisotopic (exact) mass is 425 g/mol. The van der Waals surface area contributed by atoms with Gasteiger partial charge in [-0.05, 0) is 35.7 Å². The van der Waals surface area contributed by atoms with E-state index in [-0.39, 0.29) is 23.6 Å². The van der Waals surface area contributed by atoms with Crippen LogP contribution in [0.1, 0.15) is 45.6 Å². The minimum Gasteiger partial charge on any atom is -0.406 e. The zero-order valence-corrected chi connectivity index (χ0v) is 16.5. The fourth-order valence-corrected chi connectivity index (χ4v) is 4.50. The van der Waals surface area contributed by atoms with Crippen molar-refractivity contribution in [3.63, 3.8) is 0 Å². The third-order valence-electron chi connectivity index (χ3n) is 5.95. The fraction of sp³-hybridized carbons (Fsp3) is 0.250. The molecule has 7 heteroatoms. The summed E-state index contributed by atoms with van der Waals surface area (Å²) in [4.78, 5) is 13.1. The SMILES string of the molecule is O=C1c2ccc(OC(F)(F)F)cc2CCC1[n+]1ccc2c(c1)CC(c1ccccc1)N2. The number of aromatic nitrogens is 1. The van der Waals surface area contributed by atoms with E-state index >= 15 is 0 Å². The number of hydrogen-bond acceptors (Lipinski definition) is 3. The molecule has 3 aromatic rings. The number of nitrogens with one attached hydrogen (secondary N) is 1. The minimum absolute atomic E-state index is 0.0877. The normalized spacial score (nSPS) is 20.0. The number of pyridine rings is 1. The predicted molar refractivity (Wildman–Crippen MR) is 108 cm³/mol. The number of carbonyl (C=O) groups excluding carboxylic acids is 1. The van der Waals surface area contributed by atoms with Crippen molar-refractivity contribution >= 4 is 11.5 Å². The smallest absolute Gasteiger partial charge is 0.406 e. The van der Waals surface area contributed by atoms with Crippen LogP contribution in [0.3, 0.4) is 0 Å². The molecule has 2 heterocycles. The second-order valence-corrected chi connectivity index (χ2v) is 7.93. The lowest BCUT2D eigenvalue weighted by molar-refractivity contribution is -0.709. The fourth-order valence-electron chi connectivity index (χ4n) is 4.50. The Bertz CT molecular complexity index is 1150. The van der Waals surface area contributed by atoms with E-state index in [4.69, 9.17) is 0 Å². The van der Waals surface area contributed by atoms with Crippen molar-refractivity contribution in [2.24, 2.45) is 0 Å². The lowest BCUT2D eigenvalue weighted by Gasteiger charge is -2.21. The maximum absolute atomic E-state index is 13.1. The lowest BCUT2D eigenvalue weighted by atomic mass is 9.86. The van der Waals surface area contributed by atoms with Crippen LogP contribution in [-0.4, -0.2) is 12.1 Å². The predicted octanol–water partition coefficient (Wildman–Crippen LogP) is 4.95. The Morgan fingerprint density at radius 1 is 1.03 bits per heavy atom. The first-order chi connectivity index (χ1) is 14.9. The van der Waals surface area contributed by atoms with Crippen LogP contribution >= 0.6 is 0 Å². The number of ketones is 1. The van der Waals surface area contributed by atoms with Crippen LogP contribution in [-0.2, 0) is 12.8 Å². The minimum atomic E-state index is -4.75. The largest absolute Gasteiger partial charge is 0.573 e. The Hall–Kier alpha value is -3.35. The summed E-state index contributed by atoms with van der Waals surface area (Å²) in [5, 5.41) is 3.53. The van der Waals surface area contributed by atoms with Crippen molar-refractivity contribution in [2.45, 2.75) is 37.7 Å². The maximum Gasteiger partial charge on any atom is 0.573 e. The first kappa shape index (κ1) is 19.6. The molecule has 5 rings (SSSR count). The molecule has 1 aliphatic heterocycles. The third-order valence-corrected chi connectivity index (χ3v) is 5.95. The van der Waals surface area contributed by atoms with Crippen molar-refractivity contribution in [3.05, 3.63) is 89.2 Å². The molecular formula is C24H20F3N2O2+. The van der Waals surface area contributed by atoms with Crippen LogP contribution < -0.4 is 14.6 Å². The molecule has 2 aromatic carbocycles. The van der Waals surface area contributed by atoms with E-state index in [1.54, 1.807) is 0 Å². The molecule has 2 unspecified atom stereocenters. The highest BCUT2D eigenvalue weighted by Gasteiger charge is 2.37. The summed E-state index contributed by atoms with van der Waals surface area (Å²) < 4.78 is 43.4. The van der Waals surface area contributed by atoms with Gasteiger partial charge >= 0.3 is 6.36 Å².